The standard InChI is InChI=1S/C17H18ClN/c18-17-10-8-14(9-11-17)6-7-16-4-1-3-15(13-16)5-2-12-19/h1,3-4,6-11,13H,2,5,12,19H2/b7-6-. The van der Waals surface area contributed by atoms with Crippen molar-refractivity contribution in [3.63, 3.8) is 0 Å². The van der Waals surface area contributed by atoms with Crippen molar-refractivity contribution in [3.8, 4) is 0 Å². The molecule has 0 fully saturated rings. The molecular formula is C17H18ClN. The van der Waals surface area contributed by atoms with Crippen molar-refractivity contribution in [2.45, 2.75) is 12.8 Å². The van der Waals surface area contributed by atoms with Crippen LogP contribution in [-0.4, -0.2) is 6.54 Å². The zero-order valence-corrected chi connectivity index (χ0v) is 11.6. The van der Waals surface area contributed by atoms with Crippen LogP contribution in [0.25, 0.3) is 12.2 Å². The molecule has 0 radical (unpaired) electrons. The Labute approximate surface area is 119 Å². The Hall–Kier alpha value is -1.57. The number of halogens is 1. The van der Waals surface area contributed by atoms with E-state index in [4.69, 9.17) is 17.3 Å². The molecule has 0 bridgehead atoms. The van der Waals surface area contributed by atoms with Gasteiger partial charge in [-0.25, -0.2) is 0 Å². The minimum Gasteiger partial charge on any atom is -0.330 e. The van der Waals surface area contributed by atoms with Crippen molar-refractivity contribution in [1.29, 1.82) is 0 Å². The molecule has 2 heteroatoms. The van der Waals surface area contributed by atoms with Gasteiger partial charge in [0.25, 0.3) is 0 Å². The number of nitrogens with two attached hydrogens (primary N) is 1. The molecule has 0 aliphatic carbocycles. The summed E-state index contributed by atoms with van der Waals surface area (Å²) in [7, 11) is 0. The molecular weight excluding hydrogens is 254 g/mol. The van der Waals surface area contributed by atoms with Crippen LogP contribution in [0.3, 0.4) is 0 Å². The molecule has 0 amide bonds. The molecule has 0 aromatic heterocycles. The minimum atomic E-state index is 0.741. The summed E-state index contributed by atoms with van der Waals surface area (Å²) in [5.41, 5.74) is 9.24. The first-order chi connectivity index (χ1) is 9.28. The third kappa shape index (κ3) is 4.55. The number of rotatable bonds is 5. The van der Waals surface area contributed by atoms with E-state index in [9.17, 15) is 0 Å². The van der Waals surface area contributed by atoms with Crippen molar-refractivity contribution < 1.29 is 0 Å². The van der Waals surface area contributed by atoms with E-state index in [1.807, 2.05) is 24.3 Å². The van der Waals surface area contributed by atoms with Gasteiger partial charge in [-0.3, -0.25) is 0 Å². The van der Waals surface area contributed by atoms with Crippen LogP contribution in [0.5, 0.6) is 0 Å². The molecule has 0 saturated carbocycles. The van der Waals surface area contributed by atoms with Gasteiger partial charge in [-0.05, 0) is 48.2 Å². The molecule has 2 N–H and O–H groups in total. The van der Waals surface area contributed by atoms with Crippen molar-refractivity contribution in [2.75, 3.05) is 6.54 Å². The molecule has 0 aliphatic rings. The van der Waals surface area contributed by atoms with E-state index in [2.05, 4.69) is 36.4 Å². The van der Waals surface area contributed by atoms with E-state index in [0.717, 1.165) is 30.0 Å². The van der Waals surface area contributed by atoms with Crippen LogP contribution in [0.15, 0.2) is 48.5 Å². The summed E-state index contributed by atoms with van der Waals surface area (Å²) < 4.78 is 0. The van der Waals surface area contributed by atoms with Gasteiger partial charge >= 0.3 is 0 Å². The van der Waals surface area contributed by atoms with Gasteiger partial charge in [0.15, 0.2) is 0 Å². The Bertz CT molecular complexity index is 543. The van der Waals surface area contributed by atoms with Crippen LogP contribution < -0.4 is 5.73 Å². The van der Waals surface area contributed by atoms with Crippen molar-refractivity contribution in [3.05, 3.63) is 70.2 Å². The first-order valence-electron chi connectivity index (χ1n) is 6.50. The maximum absolute atomic E-state index is 5.86. The summed E-state index contributed by atoms with van der Waals surface area (Å²) >= 11 is 5.86. The van der Waals surface area contributed by atoms with Crippen molar-refractivity contribution >= 4 is 23.8 Å². The first kappa shape index (κ1) is 13.9. The number of benzene rings is 2. The summed E-state index contributed by atoms with van der Waals surface area (Å²) in [5, 5.41) is 0.765. The molecule has 2 aromatic rings. The van der Waals surface area contributed by atoms with E-state index in [1.54, 1.807) is 0 Å². The van der Waals surface area contributed by atoms with Gasteiger partial charge in [-0.2, -0.15) is 0 Å². The third-order valence-electron chi connectivity index (χ3n) is 2.96. The highest BCUT2D eigenvalue weighted by Gasteiger charge is 1.94. The topological polar surface area (TPSA) is 26.0 Å². The number of aryl methyl sites for hydroxylation is 1. The molecule has 0 saturated heterocycles. The molecule has 0 aliphatic heterocycles. The number of hydrogen-bond acceptors (Lipinski definition) is 1. The maximum atomic E-state index is 5.86. The minimum absolute atomic E-state index is 0.741. The zero-order valence-electron chi connectivity index (χ0n) is 10.9. The molecule has 1 nitrogen and oxygen atoms in total. The average molecular weight is 272 g/mol. The molecule has 2 aromatic carbocycles. The summed E-state index contributed by atoms with van der Waals surface area (Å²) in [6.07, 6.45) is 6.29. The van der Waals surface area contributed by atoms with Crippen LogP contribution in [-0.2, 0) is 6.42 Å². The highest BCUT2D eigenvalue weighted by Crippen LogP contribution is 2.14. The van der Waals surface area contributed by atoms with Crippen molar-refractivity contribution in [1.82, 2.24) is 0 Å². The maximum Gasteiger partial charge on any atom is 0.0406 e. The van der Waals surface area contributed by atoms with Crippen LogP contribution >= 0.6 is 11.6 Å². The van der Waals surface area contributed by atoms with E-state index >= 15 is 0 Å². The normalized spacial score (nSPS) is 11.1. The molecule has 0 atom stereocenters. The van der Waals surface area contributed by atoms with Gasteiger partial charge < -0.3 is 5.73 Å². The Kier molecular flexibility index (Phi) is 5.20. The summed E-state index contributed by atoms with van der Waals surface area (Å²) in [6, 6.07) is 16.4. The molecule has 98 valence electrons. The SMILES string of the molecule is NCCCc1cccc(/C=C\c2ccc(Cl)cc2)c1. The number of hydrogen-bond donors (Lipinski definition) is 1. The Morgan fingerprint density at radius 3 is 2.42 bits per heavy atom. The lowest BCUT2D eigenvalue weighted by atomic mass is 10.1. The lowest BCUT2D eigenvalue weighted by Crippen LogP contribution is -2.00. The van der Waals surface area contributed by atoms with Gasteiger partial charge in [0.05, 0.1) is 0 Å². The molecule has 0 unspecified atom stereocenters. The smallest absolute Gasteiger partial charge is 0.0406 e. The van der Waals surface area contributed by atoms with E-state index in [0.29, 0.717) is 0 Å². The predicted octanol–water partition coefficient (Wildman–Crippen LogP) is 4.40. The quantitative estimate of drug-likeness (QED) is 0.802. The second-order valence-corrected chi connectivity index (χ2v) is 4.96. The lowest BCUT2D eigenvalue weighted by Gasteiger charge is -2.01. The third-order valence-corrected chi connectivity index (χ3v) is 3.21. The fraction of sp³-hybridized carbons (Fsp3) is 0.176. The van der Waals surface area contributed by atoms with E-state index in [-0.39, 0.29) is 0 Å². The fourth-order valence-electron chi connectivity index (χ4n) is 1.92. The van der Waals surface area contributed by atoms with Crippen LogP contribution in [0.4, 0.5) is 0 Å². The second kappa shape index (κ2) is 7.13. The monoisotopic (exact) mass is 271 g/mol. The Morgan fingerprint density at radius 2 is 1.68 bits per heavy atom. The summed E-state index contributed by atoms with van der Waals surface area (Å²) in [4.78, 5) is 0. The molecule has 19 heavy (non-hydrogen) atoms. The average Bonchev–Trinajstić information content (AvgIpc) is 2.45. The molecule has 0 heterocycles. The largest absolute Gasteiger partial charge is 0.330 e. The molecule has 2 rings (SSSR count). The Balaban J connectivity index is 2.07. The zero-order chi connectivity index (χ0) is 13.5. The van der Waals surface area contributed by atoms with Gasteiger partial charge in [0.2, 0.25) is 0 Å². The predicted molar refractivity (Wildman–Crippen MR) is 84.2 cm³/mol. The Morgan fingerprint density at radius 1 is 0.947 bits per heavy atom. The van der Waals surface area contributed by atoms with Gasteiger partial charge in [-0.15, -0.1) is 0 Å². The van der Waals surface area contributed by atoms with E-state index in [1.165, 1.54) is 11.1 Å². The summed E-state index contributed by atoms with van der Waals surface area (Å²) in [5.74, 6) is 0. The molecule has 0 spiro atoms. The lowest BCUT2D eigenvalue weighted by molar-refractivity contribution is 0.832. The van der Waals surface area contributed by atoms with Crippen LogP contribution in [0, 0.1) is 0 Å². The summed E-state index contributed by atoms with van der Waals surface area (Å²) in [6.45, 7) is 0.741. The second-order valence-electron chi connectivity index (χ2n) is 4.52. The van der Waals surface area contributed by atoms with Crippen LogP contribution in [0.2, 0.25) is 5.02 Å². The fourth-order valence-corrected chi connectivity index (χ4v) is 2.05. The highest BCUT2D eigenvalue weighted by atomic mass is 35.5. The van der Waals surface area contributed by atoms with Gasteiger partial charge in [0, 0.05) is 5.02 Å². The van der Waals surface area contributed by atoms with Gasteiger partial charge in [-0.1, -0.05) is 60.2 Å². The van der Waals surface area contributed by atoms with Crippen LogP contribution in [0.1, 0.15) is 23.1 Å². The van der Waals surface area contributed by atoms with Crippen molar-refractivity contribution in [2.24, 2.45) is 5.73 Å². The first-order valence-corrected chi connectivity index (χ1v) is 6.88. The van der Waals surface area contributed by atoms with Gasteiger partial charge in [0.1, 0.15) is 0 Å². The van der Waals surface area contributed by atoms with E-state index < -0.39 is 0 Å². The highest BCUT2D eigenvalue weighted by molar-refractivity contribution is 6.30.